The molecule has 1 N–H and O–H groups in total. The molecular formula is C25H25FN8S. The lowest BCUT2D eigenvalue weighted by Crippen LogP contribution is -2.54. The highest BCUT2D eigenvalue weighted by molar-refractivity contribution is 7.99. The third kappa shape index (κ3) is 4.12. The summed E-state index contributed by atoms with van der Waals surface area (Å²) in [5.74, 6) is -0.425. The molecule has 0 radical (unpaired) electrons. The van der Waals surface area contributed by atoms with E-state index < -0.39 is 5.82 Å². The van der Waals surface area contributed by atoms with Gasteiger partial charge < -0.3 is 10.2 Å². The van der Waals surface area contributed by atoms with Crippen molar-refractivity contribution in [2.45, 2.75) is 36.0 Å². The second kappa shape index (κ2) is 8.62. The number of benzene rings is 1. The van der Waals surface area contributed by atoms with E-state index in [2.05, 4.69) is 51.5 Å². The number of nitrogens with zero attached hydrogens (tertiary/aromatic N) is 7. The van der Waals surface area contributed by atoms with Crippen molar-refractivity contribution >= 4 is 34.0 Å². The van der Waals surface area contributed by atoms with Gasteiger partial charge in [0.25, 0.3) is 0 Å². The van der Waals surface area contributed by atoms with Crippen LogP contribution in [-0.2, 0) is 7.05 Å². The predicted octanol–water partition coefficient (Wildman–Crippen LogP) is 4.15. The van der Waals surface area contributed by atoms with Gasteiger partial charge in [-0.2, -0.15) is 5.10 Å². The first-order chi connectivity index (χ1) is 16.9. The summed E-state index contributed by atoms with van der Waals surface area (Å²) < 4.78 is 18.2. The molecule has 0 amide bonds. The van der Waals surface area contributed by atoms with Crippen LogP contribution in [0.3, 0.4) is 0 Å². The Labute approximate surface area is 206 Å². The van der Waals surface area contributed by atoms with Crippen molar-refractivity contribution in [3.05, 3.63) is 60.9 Å². The number of fused-ring (bicyclic) bond motifs is 2. The van der Waals surface area contributed by atoms with Gasteiger partial charge in [-0.05, 0) is 43.8 Å². The number of aromatic nitrogens is 6. The molecule has 8 nitrogen and oxygen atoms in total. The van der Waals surface area contributed by atoms with Crippen molar-refractivity contribution < 1.29 is 4.39 Å². The van der Waals surface area contributed by atoms with Crippen molar-refractivity contribution in [2.24, 2.45) is 7.05 Å². The number of nitrogens with one attached hydrogen (secondary N) is 1. The number of halogens is 1. The Bertz CT molecular complexity index is 1530. The fourth-order valence-electron chi connectivity index (χ4n) is 4.74. The van der Waals surface area contributed by atoms with E-state index in [0.717, 1.165) is 40.1 Å². The van der Waals surface area contributed by atoms with E-state index >= 15 is 0 Å². The zero-order chi connectivity index (χ0) is 24.1. The van der Waals surface area contributed by atoms with E-state index in [1.807, 2.05) is 37.8 Å². The minimum atomic E-state index is -0.425. The first kappa shape index (κ1) is 22.0. The quantitative estimate of drug-likeness (QED) is 0.407. The van der Waals surface area contributed by atoms with Crippen molar-refractivity contribution in [3.63, 3.8) is 0 Å². The summed E-state index contributed by atoms with van der Waals surface area (Å²) in [7, 11) is 1.83. The summed E-state index contributed by atoms with van der Waals surface area (Å²) in [6.45, 7) is 6.31. The van der Waals surface area contributed by atoms with E-state index in [4.69, 9.17) is 4.98 Å². The highest BCUT2D eigenvalue weighted by Gasteiger charge is 2.22. The van der Waals surface area contributed by atoms with Gasteiger partial charge in [-0.15, -0.1) is 10.2 Å². The van der Waals surface area contributed by atoms with Crippen LogP contribution in [0.15, 0.2) is 65.2 Å². The average molecular weight is 489 g/mol. The standard InChI is InChI=1S/C25H25FN8S/c1-15-11-33(12-16(2)29-15)20-7-17-5-4-6-22(23(17)27-10-20)35-25-31-30-24-21(26)8-18(14-34(24)25)19-9-28-32(3)13-19/h4-10,13-16,29H,11-12H2,1-3H3/t15-,16+. The van der Waals surface area contributed by atoms with Crippen LogP contribution in [0.5, 0.6) is 0 Å². The number of aryl methyl sites for hydroxylation is 1. The molecule has 5 heterocycles. The molecular weight excluding hydrogens is 463 g/mol. The third-order valence-electron chi connectivity index (χ3n) is 6.25. The normalized spacial score (nSPS) is 18.6. The maximum absolute atomic E-state index is 14.8. The Hall–Kier alpha value is -3.50. The summed E-state index contributed by atoms with van der Waals surface area (Å²) in [6.07, 6.45) is 7.36. The number of para-hydroxylation sites is 1. The van der Waals surface area contributed by atoms with Gasteiger partial charge in [-0.1, -0.05) is 12.1 Å². The van der Waals surface area contributed by atoms with Crippen molar-refractivity contribution in [1.29, 1.82) is 0 Å². The SMILES string of the molecule is C[C@@H]1CN(c2cnc3c(Sc4nnc5c(F)cc(-c6cnn(C)c6)cn45)cccc3c2)C[C@H](C)N1. The molecule has 1 aromatic carbocycles. The Kier molecular flexibility index (Phi) is 5.42. The summed E-state index contributed by atoms with van der Waals surface area (Å²) in [6, 6.07) is 10.6. The number of piperazine rings is 1. The molecule has 0 aliphatic carbocycles. The lowest BCUT2D eigenvalue weighted by molar-refractivity contribution is 0.407. The minimum absolute atomic E-state index is 0.192. The lowest BCUT2D eigenvalue weighted by atomic mass is 10.1. The monoisotopic (exact) mass is 488 g/mol. The second-order valence-corrected chi connectivity index (χ2v) is 10.2. The summed E-state index contributed by atoms with van der Waals surface area (Å²) in [5, 5.41) is 17.8. The molecule has 1 aliphatic rings. The van der Waals surface area contributed by atoms with Gasteiger partial charge in [0.1, 0.15) is 0 Å². The molecule has 0 spiro atoms. The van der Waals surface area contributed by atoms with Crippen LogP contribution < -0.4 is 10.2 Å². The minimum Gasteiger partial charge on any atom is -0.367 e. The smallest absolute Gasteiger partial charge is 0.200 e. The summed E-state index contributed by atoms with van der Waals surface area (Å²) >= 11 is 1.43. The number of hydrogen-bond acceptors (Lipinski definition) is 7. The topological polar surface area (TPSA) is 76.2 Å². The Balaban J connectivity index is 1.36. The molecule has 0 bridgehead atoms. The fourth-order valence-corrected chi connectivity index (χ4v) is 5.67. The van der Waals surface area contributed by atoms with E-state index in [9.17, 15) is 4.39 Å². The van der Waals surface area contributed by atoms with Crippen LogP contribution in [0.4, 0.5) is 10.1 Å². The molecule has 1 fully saturated rings. The van der Waals surface area contributed by atoms with E-state index in [-0.39, 0.29) is 5.65 Å². The molecule has 1 aliphatic heterocycles. The molecule has 1 saturated heterocycles. The molecule has 10 heteroatoms. The molecule has 6 rings (SSSR count). The van der Waals surface area contributed by atoms with Gasteiger partial charge in [0.15, 0.2) is 11.5 Å². The van der Waals surface area contributed by atoms with Crippen LogP contribution in [0.2, 0.25) is 0 Å². The first-order valence-electron chi connectivity index (χ1n) is 11.6. The largest absolute Gasteiger partial charge is 0.367 e. The Morgan fingerprint density at radius 1 is 1.03 bits per heavy atom. The summed E-state index contributed by atoms with van der Waals surface area (Å²) in [5.41, 5.74) is 3.74. The lowest BCUT2D eigenvalue weighted by Gasteiger charge is -2.37. The van der Waals surface area contributed by atoms with Crippen LogP contribution >= 0.6 is 11.8 Å². The second-order valence-electron chi connectivity index (χ2n) is 9.15. The van der Waals surface area contributed by atoms with Crippen LogP contribution in [0.25, 0.3) is 27.7 Å². The zero-order valence-electron chi connectivity index (χ0n) is 19.7. The van der Waals surface area contributed by atoms with Crippen LogP contribution in [0.1, 0.15) is 13.8 Å². The van der Waals surface area contributed by atoms with Crippen LogP contribution in [0, 0.1) is 5.82 Å². The van der Waals surface area contributed by atoms with Gasteiger partial charge in [0.2, 0.25) is 5.16 Å². The number of hydrogen-bond donors (Lipinski definition) is 1. The van der Waals surface area contributed by atoms with Crippen molar-refractivity contribution in [2.75, 3.05) is 18.0 Å². The van der Waals surface area contributed by atoms with E-state index in [1.165, 1.54) is 17.8 Å². The van der Waals surface area contributed by atoms with Crippen LogP contribution in [-0.4, -0.2) is 54.5 Å². The highest BCUT2D eigenvalue weighted by Crippen LogP contribution is 2.34. The maximum Gasteiger partial charge on any atom is 0.200 e. The third-order valence-corrected chi connectivity index (χ3v) is 7.26. The van der Waals surface area contributed by atoms with E-state index in [1.54, 1.807) is 15.3 Å². The number of pyridine rings is 2. The average Bonchev–Trinajstić information content (AvgIpc) is 3.45. The van der Waals surface area contributed by atoms with Gasteiger partial charge in [0, 0.05) is 66.0 Å². The molecule has 4 aromatic heterocycles. The molecule has 35 heavy (non-hydrogen) atoms. The predicted molar refractivity (Wildman–Crippen MR) is 135 cm³/mol. The molecule has 0 unspecified atom stereocenters. The van der Waals surface area contributed by atoms with Gasteiger partial charge in [0.05, 0.1) is 23.6 Å². The summed E-state index contributed by atoms with van der Waals surface area (Å²) in [4.78, 5) is 8.15. The van der Waals surface area contributed by atoms with Gasteiger partial charge >= 0.3 is 0 Å². The Morgan fingerprint density at radius 3 is 2.63 bits per heavy atom. The van der Waals surface area contributed by atoms with Gasteiger partial charge in [-0.25, -0.2) is 4.39 Å². The molecule has 2 atom stereocenters. The fraction of sp³-hybridized carbons (Fsp3) is 0.280. The molecule has 0 saturated carbocycles. The first-order valence-corrected chi connectivity index (χ1v) is 12.4. The van der Waals surface area contributed by atoms with Crippen molar-refractivity contribution in [3.8, 4) is 11.1 Å². The number of anilines is 1. The highest BCUT2D eigenvalue weighted by atomic mass is 32.2. The number of rotatable bonds is 4. The molecule has 5 aromatic rings. The van der Waals surface area contributed by atoms with E-state index in [0.29, 0.717) is 22.8 Å². The Morgan fingerprint density at radius 2 is 1.86 bits per heavy atom. The van der Waals surface area contributed by atoms with Crippen molar-refractivity contribution in [1.82, 2.24) is 34.7 Å². The maximum atomic E-state index is 14.8. The molecule has 178 valence electrons. The zero-order valence-corrected chi connectivity index (χ0v) is 20.5. The van der Waals surface area contributed by atoms with Gasteiger partial charge in [-0.3, -0.25) is 14.1 Å².